The molecule has 5 nitrogen and oxygen atoms in total. The highest BCUT2D eigenvalue weighted by Gasteiger charge is 2.16. The van der Waals surface area contributed by atoms with Gasteiger partial charge in [-0.2, -0.15) is 0 Å². The van der Waals surface area contributed by atoms with E-state index >= 15 is 0 Å². The minimum absolute atomic E-state index is 0.0184. The Bertz CT molecular complexity index is 608. The Morgan fingerprint density at radius 2 is 2.04 bits per heavy atom. The average molecular weight is 315 g/mol. The Kier molecular flexibility index (Phi) is 6.35. The van der Waals surface area contributed by atoms with E-state index in [0.717, 1.165) is 23.5 Å². The largest absolute Gasteiger partial charge is 0.378 e. The molecule has 1 atom stereocenters. The van der Waals surface area contributed by atoms with E-state index in [1.54, 1.807) is 6.20 Å². The van der Waals surface area contributed by atoms with Gasteiger partial charge in [0.2, 0.25) is 5.91 Å². The summed E-state index contributed by atoms with van der Waals surface area (Å²) in [5.41, 5.74) is 2.04. The second kappa shape index (κ2) is 8.48. The molecule has 0 aliphatic heterocycles. The summed E-state index contributed by atoms with van der Waals surface area (Å²) >= 11 is 0. The van der Waals surface area contributed by atoms with Crippen molar-refractivity contribution in [2.45, 2.75) is 45.8 Å². The molecule has 0 saturated heterocycles. The van der Waals surface area contributed by atoms with Gasteiger partial charge >= 0.3 is 0 Å². The summed E-state index contributed by atoms with van der Waals surface area (Å²) in [7, 11) is 0. The van der Waals surface area contributed by atoms with Crippen LogP contribution in [0.4, 0.5) is 0 Å². The van der Waals surface area contributed by atoms with E-state index in [0.29, 0.717) is 13.0 Å². The van der Waals surface area contributed by atoms with Crippen molar-refractivity contribution in [3.63, 3.8) is 0 Å². The molecule has 23 heavy (non-hydrogen) atoms. The van der Waals surface area contributed by atoms with Gasteiger partial charge in [0.05, 0.1) is 30.6 Å². The zero-order chi connectivity index (χ0) is 16.7. The first-order chi connectivity index (χ1) is 11.1. The van der Waals surface area contributed by atoms with Crippen LogP contribution >= 0.6 is 0 Å². The van der Waals surface area contributed by atoms with Crippen LogP contribution in [0.5, 0.6) is 0 Å². The van der Waals surface area contributed by atoms with E-state index in [4.69, 9.17) is 4.74 Å². The van der Waals surface area contributed by atoms with Crippen LogP contribution < -0.4 is 5.32 Å². The number of amides is 1. The molecule has 1 amide bonds. The van der Waals surface area contributed by atoms with Crippen molar-refractivity contribution in [1.29, 1.82) is 0 Å². The number of nitrogens with one attached hydrogen (secondary N) is 2. The molecule has 1 aromatic heterocycles. The first-order valence-electron chi connectivity index (χ1n) is 8.11. The molecule has 1 aromatic carbocycles. The minimum atomic E-state index is -0.112. The quantitative estimate of drug-likeness (QED) is 0.784. The monoisotopic (exact) mass is 315 g/mol. The van der Waals surface area contributed by atoms with Gasteiger partial charge in [-0.15, -0.1) is 0 Å². The van der Waals surface area contributed by atoms with E-state index in [1.807, 2.05) is 51.1 Å². The van der Waals surface area contributed by atoms with E-state index < -0.39 is 0 Å². The average Bonchev–Trinajstić information content (AvgIpc) is 3.03. The maximum absolute atomic E-state index is 12.0. The van der Waals surface area contributed by atoms with E-state index in [1.165, 1.54) is 0 Å². The van der Waals surface area contributed by atoms with E-state index in [2.05, 4.69) is 15.3 Å². The lowest BCUT2D eigenvalue weighted by atomic mass is 10.2. The number of carbonyl (C=O) groups excluding carboxylic acids is 1. The number of aromatic amines is 1. The van der Waals surface area contributed by atoms with Crippen molar-refractivity contribution in [1.82, 2.24) is 15.3 Å². The number of ether oxygens (including phenoxy) is 1. The fourth-order valence-corrected chi connectivity index (χ4v) is 2.30. The molecule has 2 aromatic rings. The van der Waals surface area contributed by atoms with E-state index in [9.17, 15) is 4.79 Å². The van der Waals surface area contributed by atoms with Gasteiger partial charge < -0.3 is 15.0 Å². The third-order valence-corrected chi connectivity index (χ3v) is 3.53. The summed E-state index contributed by atoms with van der Waals surface area (Å²) in [6.07, 6.45) is 3.09. The highest BCUT2D eigenvalue weighted by molar-refractivity contribution is 5.76. The Morgan fingerprint density at radius 3 is 2.70 bits per heavy atom. The zero-order valence-electron chi connectivity index (χ0n) is 14.0. The molecule has 1 heterocycles. The van der Waals surface area contributed by atoms with Crippen LogP contribution in [0.15, 0.2) is 36.5 Å². The smallest absolute Gasteiger partial charge is 0.222 e. The van der Waals surface area contributed by atoms with Crippen LogP contribution in [0.25, 0.3) is 11.3 Å². The van der Waals surface area contributed by atoms with Crippen molar-refractivity contribution < 1.29 is 9.53 Å². The molecule has 0 aliphatic carbocycles. The molecule has 5 heteroatoms. The van der Waals surface area contributed by atoms with E-state index in [-0.39, 0.29) is 18.1 Å². The van der Waals surface area contributed by atoms with Crippen LogP contribution in [-0.2, 0) is 9.53 Å². The van der Waals surface area contributed by atoms with Crippen molar-refractivity contribution in [2.24, 2.45) is 0 Å². The fraction of sp³-hybridized carbons (Fsp3) is 0.444. The third-order valence-electron chi connectivity index (χ3n) is 3.53. The summed E-state index contributed by atoms with van der Waals surface area (Å²) in [5.74, 6) is 0.764. The van der Waals surface area contributed by atoms with Gasteiger partial charge in [-0.3, -0.25) is 4.79 Å². The number of aromatic nitrogens is 2. The van der Waals surface area contributed by atoms with Crippen LogP contribution in [0.2, 0.25) is 0 Å². The van der Waals surface area contributed by atoms with Gasteiger partial charge in [-0.25, -0.2) is 4.98 Å². The number of nitrogens with zero attached hydrogens (tertiary/aromatic N) is 1. The first-order valence-corrected chi connectivity index (χ1v) is 8.11. The van der Waals surface area contributed by atoms with Gasteiger partial charge in [0.25, 0.3) is 0 Å². The molecule has 0 unspecified atom stereocenters. The molecule has 0 fully saturated rings. The van der Waals surface area contributed by atoms with Gasteiger partial charge in [0, 0.05) is 6.42 Å². The third kappa shape index (κ3) is 5.21. The summed E-state index contributed by atoms with van der Waals surface area (Å²) < 4.78 is 5.41. The second-order valence-corrected chi connectivity index (χ2v) is 5.75. The number of benzene rings is 1. The number of rotatable bonds is 8. The number of hydrogen-bond acceptors (Lipinski definition) is 3. The molecule has 0 aliphatic rings. The molecule has 0 saturated carbocycles. The Morgan fingerprint density at radius 1 is 1.30 bits per heavy atom. The van der Waals surface area contributed by atoms with Gasteiger partial charge in [-0.05, 0) is 25.8 Å². The second-order valence-electron chi connectivity index (χ2n) is 5.75. The minimum Gasteiger partial charge on any atom is -0.378 e. The molecular formula is C18H25N3O2. The number of hydrogen-bond donors (Lipinski definition) is 2. The predicted molar refractivity (Wildman–Crippen MR) is 90.9 cm³/mol. The van der Waals surface area contributed by atoms with Crippen LogP contribution in [-0.4, -0.2) is 28.6 Å². The normalized spacial score (nSPS) is 12.3. The summed E-state index contributed by atoms with van der Waals surface area (Å²) in [4.78, 5) is 19.7. The summed E-state index contributed by atoms with van der Waals surface area (Å²) in [6, 6.07) is 9.90. The maximum Gasteiger partial charge on any atom is 0.222 e. The molecule has 0 bridgehead atoms. The summed E-state index contributed by atoms with van der Waals surface area (Å²) in [6.45, 7) is 6.38. The highest BCUT2D eigenvalue weighted by Crippen LogP contribution is 2.20. The predicted octanol–water partition coefficient (Wildman–Crippen LogP) is 3.46. The fourth-order valence-electron chi connectivity index (χ4n) is 2.30. The molecule has 2 N–H and O–H groups in total. The molecule has 124 valence electrons. The van der Waals surface area contributed by atoms with Crippen molar-refractivity contribution in [2.75, 3.05) is 6.61 Å². The van der Waals surface area contributed by atoms with Crippen molar-refractivity contribution in [3.8, 4) is 11.3 Å². The topological polar surface area (TPSA) is 67.0 Å². The standard InChI is InChI=1S/C18H25N3O2/c1-4-15(20-17(22)10-11-23-13(2)3)18-19-12-16(21-18)14-8-6-5-7-9-14/h5-9,12-13,15H,4,10-11H2,1-3H3,(H,19,21)(H,20,22)/t15-/m1/s1. The molecule has 2 rings (SSSR count). The number of carbonyl (C=O) groups is 1. The zero-order valence-corrected chi connectivity index (χ0v) is 14.0. The lowest BCUT2D eigenvalue weighted by Crippen LogP contribution is -2.29. The highest BCUT2D eigenvalue weighted by atomic mass is 16.5. The Labute approximate surface area is 137 Å². The lowest BCUT2D eigenvalue weighted by Gasteiger charge is -2.15. The molecule has 0 spiro atoms. The Balaban J connectivity index is 1.96. The van der Waals surface area contributed by atoms with Gasteiger partial charge in [0.15, 0.2) is 0 Å². The van der Waals surface area contributed by atoms with Gasteiger partial charge in [-0.1, -0.05) is 37.3 Å². The molecular weight excluding hydrogens is 290 g/mol. The van der Waals surface area contributed by atoms with Crippen molar-refractivity contribution >= 4 is 5.91 Å². The lowest BCUT2D eigenvalue weighted by molar-refractivity contribution is -0.123. The molecule has 0 radical (unpaired) electrons. The maximum atomic E-state index is 12.0. The van der Waals surface area contributed by atoms with Gasteiger partial charge in [0.1, 0.15) is 5.82 Å². The first kappa shape index (κ1) is 17.2. The number of H-pyrrole nitrogens is 1. The van der Waals surface area contributed by atoms with Crippen LogP contribution in [0, 0.1) is 0 Å². The van der Waals surface area contributed by atoms with Crippen LogP contribution in [0.1, 0.15) is 45.5 Å². The SMILES string of the molecule is CC[C@@H](NC(=O)CCOC(C)C)c1ncc(-c2ccccc2)[nH]1. The number of imidazole rings is 1. The Hall–Kier alpha value is -2.14. The van der Waals surface area contributed by atoms with Crippen molar-refractivity contribution in [3.05, 3.63) is 42.4 Å². The summed E-state index contributed by atoms with van der Waals surface area (Å²) in [5, 5.41) is 3.01. The van der Waals surface area contributed by atoms with Crippen LogP contribution in [0.3, 0.4) is 0 Å².